The normalized spacial score (nSPS) is 14.6. The molecule has 2 aromatic carbocycles. The van der Waals surface area contributed by atoms with Gasteiger partial charge in [-0.15, -0.1) is 0 Å². The van der Waals surface area contributed by atoms with E-state index >= 15 is 0 Å². The van der Waals surface area contributed by atoms with Gasteiger partial charge in [0.1, 0.15) is 5.82 Å². The molecular formula is C23H26FN5O. The second-order valence-electron chi connectivity index (χ2n) is 7.40. The first kappa shape index (κ1) is 20.1. The lowest BCUT2D eigenvalue weighted by molar-refractivity contribution is -0.122. The molecule has 0 atom stereocenters. The van der Waals surface area contributed by atoms with Gasteiger partial charge in [0.15, 0.2) is 0 Å². The average molecular weight is 407 g/mol. The van der Waals surface area contributed by atoms with Crippen molar-refractivity contribution in [2.75, 3.05) is 44.2 Å². The van der Waals surface area contributed by atoms with Crippen LogP contribution in [0.2, 0.25) is 0 Å². The molecule has 0 spiro atoms. The summed E-state index contributed by atoms with van der Waals surface area (Å²) in [6, 6.07) is 16.8. The molecule has 4 rings (SSSR count). The van der Waals surface area contributed by atoms with E-state index in [0.29, 0.717) is 18.8 Å². The van der Waals surface area contributed by atoms with Gasteiger partial charge >= 0.3 is 0 Å². The van der Waals surface area contributed by atoms with Crippen molar-refractivity contribution >= 4 is 11.9 Å². The number of aromatic nitrogens is 2. The maximum absolute atomic E-state index is 14.2. The van der Waals surface area contributed by atoms with Gasteiger partial charge in [0, 0.05) is 45.1 Å². The molecule has 1 aliphatic heterocycles. The van der Waals surface area contributed by atoms with E-state index in [4.69, 9.17) is 0 Å². The first-order valence-electron chi connectivity index (χ1n) is 10.3. The third-order valence-corrected chi connectivity index (χ3v) is 5.33. The number of amides is 1. The van der Waals surface area contributed by atoms with Crippen LogP contribution in [-0.4, -0.2) is 59.6 Å². The van der Waals surface area contributed by atoms with Crippen molar-refractivity contribution in [1.82, 2.24) is 19.8 Å². The number of halogens is 1. The molecule has 30 heavy (non-hydrogen) atoms. The molecule has 156 valence electrons. The lowest BCUT2D eigenvalue weighted by atomic mass is 10.1. The Hall–Kier alpha value is -3.19. The van der Waals surface area contributed by atoms with E-state index in [-0.39, 0.29) is 11.7 Å². The number of rotatable bonds is 7. The summed E-state index contributed by atoms with van der Waals surface area (Å²) in [5.41, 5.74) is 1.71. The summed E-state index contributed by atoms with van der Waals surface area (Å²) in [4.78, 5) is 21.0. The molecule has 1 saturated heterocycles. The molecule has 0 unspecified atom stereocenters. The van der Waals surface area contributed by atoms with Gasteiger partial charge in [-0.1, -0.05) is 42.5 Å². The van der Waals surface area contributed by atoms with Crippen molar-refractivity contribution < 1.29 is 9.18 Å². The molecule has 1 aliphatic rings. The minimum absolute atomic E-state index is 0.0484. The van der Waals surface area contributed by atoms with Gasteiger partial charge in [0.05, 0.1) is 12.2 Å². The molecular weight excluding hydrogens is 381 g/mol. The van der Waals surface area contributed by atoms with Gasteiger partial charge in [0.25, 0.3) is 0 Å². The molecule has 7 heteroatoms. The van der Waals surface area contributed by atoms with Gasteiger partial charge in [-0.3, -0.25) is 14.3 Å². The van der Waals surface area contributed by atoms with Crippen LogP contribution in [0.1, 0.15) is 5.56 Å². The summed E-state index contributed by atoms with van der Waals surface area (Å²) in [7, 11) is 0. The van der Waals surface area contributed by atoms with Crippen molar-refractivity contribution in [2.45, 2.75) is 6.42 Å². The highest BCUT2D eigenvalue weighted by Gasteiger charge is 2.22. The van der Waals surface area contributed by atoms with Crippen molar-refractivity contribution in [2.24, 2.45) is 0 Å². The van der Waals surface area contributed by atoms with Gasteiger partial charge in [-0.25, -0.2) is 9.37 Å². The molecule has 2 heterocycles. The van der Waals surface area contributed by atoms with E-state index in [1.54, 1.807) is 29.1 Å². The topological polar surface area (TPSA) is 53.4 Å². The number of piperazine rings is 1. The predicted octanol–water partition coefficient (Wildman–Crippen LogP) is 2.49. The Morgan fingerprint density at radius 2 is 1.73 bits per heavy atom. The number of hydrogen-bond acceptors (Lipinski definition) is 4. The van der Waals surface area contributed by atoms with Crippen LogP contribution >= 0.6 is 0 Å². The van der Waals surface area contributed by atoms with Gasteiger partial charge in [-0.05, 0) is 24.1 Å². The average Bonchev–Trinajstić information content (AvgIpc) is 3.25. The molecule has 6 nitrogen and oxygen atoms in total. The zero-order valence-electron chi connectivity index (χ0n) is 16.9. The number of nitrogens with one attached hydrogen (secondary N) is 1. The Morgan fingerprint density at radius 1 is 1.00 bits per heavy atom. The Kier molecular flexibility index (Phi) is 6.39. The monoisotopic (exact) mass is 407 g/mol. The fraction of sp³-hybridized carbons (Fsp3) is 0.304. The predicted molar refractivity (Wildman–Crippen MR) is 115 cm³/mol. The summed E-state index contributed by atoms with van der Waals surface area (Å²) >= 11 is 0. The Morgan fingerprint density at radius 3 is 2.50 bits per heavy atom. The van der Waals surface area contributed by atoms with E-state index in [2.05, 4.69) is 32.2 Å². The zero-order valence-corrected chi connectivity index (χ0v) is 16.9. The minimum atomic E-state index is -0.275. The van der Waals surface area contributed by atoms with Crippen LogP contribution in [0, 0.1) is 5.82 Å². The number of carbonyl (C=O) groups is 1. The molecule has 0 bridgehead atoms. The third kappa shape index (κ3) is 4.86. The minimum Gasteiger partial charge on any atom is -0.355 e. The summed E-state index contributed by atoms with van der Waals surface area (Å²) in [6.07, 6.45) is 4.30. The van der Waals surface area contributed by atoms with Crippen LogP contribution in [0.3, 0.4) is 0 Å². The largest absolute Gasteiger partial charge is 0.355 e. The quantitative estimate of drug-likeness (QED) is 0.654. The van der Waals surface area contributed by atoms with Crippen LogP contribution in [0.5, 0.6) is 0 Å². The zero-order chi connectivity index (χ0) is 20.8. The summed E-state index contributed by atoms with van der Waals surface area (Å²) in [5.74, 6) is 0.502. The highest BCUT2D eigenvalue weighted by Crippen LogP contribution is 2.21. The van der Waals surface area contributed by atoms with Crippen LogP contribution in [-0.2, 0) is 11.2 Å². The molecule has 3 aromatic rings. The van der Waals surface area contributed by atoms with E-state index in [0.717, 1.165) is 38.5 Å². The maximum atomic E-state index is 14.2. The molecule has 0 saturated carbocycles. The lowest BCUT2D eigenvalue weighted by Crippen LogP contribution is -2.50. The molecule has 1 N–H and O–H groups in total. The number of nitrogens with zero attached hydrogens (tertiary/aromatic N) is 4. The van der Waals surface area contributed by atoms with Crippen molar-refractivity contribution in [3.8, 4) is 5.69 Å². The fourth-order valence-electron chi connectivity index (χ4n) is 3.72. The van der Waals surface area contributed by atoms with Gasteiger partial charge < -0.3 is 10.2 Å². The molecule has 1 fully saturated rings. The van der Waals surface area contributed by atoms with Crippen LogP contribution in [0.4, 0.5) is 10.3 Å². The third-order valence-electron chi connectivity index (χ3n) is 5.33. The van der Waals surface area contributed by atoms with Gasteiger partial charge in [-0.2, -0.15) is 0 Å². The van der Waals surface area contributed by atoms with E-state index in [1.807, 2.05) is 24.3 Å². The summed E-state index contributed by atoms with van der Waals surface area (Å²) in [5, 5.41) is 3.00. The second kappa shape index (κ2) is 9.54. The van der Waals surface area contributed by atoms with Crippen molar-refractivity contribution in [3.05, 3.63) is 78.4 Å². The number of imidazole rings is 1. The van der Waals surface area contributed by atoms with Gasteiger partial charge in [0.2, 0.25) is 11.9 Å². The standard InChI is InChI=1S/C23H26FN5O/c24-20-8-4-5-9-21(20)29-13-12-26-23(29)28-16-14-27(15-17-28)18-22(30)25-11-10-19-6-2-1-3-7-19/h1-9,12-13H,10-11,14-18H2,(H,25,30). The SMILES string of the molecule is O=C(CN1CCN(c2nccn2-c2ccccc2F)CC1)NCCc1ccccc1. The van der Waals surface area contributed by atoms with Crippen molar-refractivity contribution in [1.29, 1.82) is 0 Å². The van der Waals surface area contributed by atoms with Crippen LogP contribution in [0.25, 0.3) is 5.69 Å². The number of hydrogen-bond donors (Lipinski definition) is 1. The van der Waals surface area contributed by atoms with E-state index in [9.17, 15) is 9.18 Å². The summed E-state index contributed by atoms with van der Waals surface area (Å²) in [6.45, 7) is 4.03. The first-order valence-corrected chi connectivity index (χ1v) is 10.3. The van der Waals surface area contributed by atoms with E-state index < -0.39 is 0 Å². The lowest BCUT2D eigenvalue weighted by Gasteiger charge is -2.35. The molecule has 0 radical (unpaired) electrons. The molecule has 1 aromatic heterocycles. The maximum Gasteiger partial charge on any atom is 0.234 e. The first-order chi connectivity index (χ1) is 14.7. The smallest absolute Gasteiger partial charge is 0.234 e. The number of para-hydroxylation sites is 1. The fourth-order valence-corrected chi connectivity index (χ4v) is 3.72. The highest BCUT2D eigenvalue weighted by molar-refractivity contribution is 5.78. The molecule has 1 amide bonds. The van der Waals surface area contributed by atoms with Crippen LogP contribution < -0.4 is 10.2 Å². The number of anilines is 1. The second-order valence-corrected chi connectivity index (χ2v) is 7.40. The Balaban J connectivity index is 1.26. The van der Waals surface area contributed by atoms with Crippen molar-refractivity contribution in [3.63, 3.8) is 0 Å². The number of carbonyl (C=O) groups excluding carboxylic acids is 1. The highest BCUT2D eigenvalue weighted by atomic mass is 19.1. The van der Waals surface area contributed by atoms with E-state index in [1.165, 1.54) is 11.6 Å². The number of benzene rings is 2. The molecule has 0 aliphatic carbocycles. The van der Waals surface area contributed by atoms with Crippen LogP contribution in [0.15, 0.2) is 67.0 Å². The Labute approximate surface area is 175 Å². The Bertz CT molecular complexity index is 966. The summed E-state index contributed by atoms with van der Waals surface area (Å²) < 4.78 is 16.0.